The van der Waals surface area contributed by atoms with Crippen molar-refractivity contribution in [1.29, 1.82) is 0 Å². The van der Waals surface area contributed by atoms with E-state index in [-0.39, 0.29) is 30.0 Å². The van der Waals surface area contributed by atoms with Crippen LogP contribution in [0, 0.1) is 19.8 Å². The van der Waals surface area contributed by atoms with Crippen LogP contribution in [0.1, 0.15) is 35.3 Å². The molecule has 3 aromatic heterocycles. The molecule has 0 aliphatic carbocycles. The molecule has 0 saturated carbocycles. The second-order valence-corrected chi connectivity index (χ2v) is 7.75. The van der Waals surface area contributed by atoms with Crippen molar-refractivity contribution < 1.29 is 5.11 Å². The first-order valence-electron chi connectivity index (χ1n) is 9.46. The van der Waals surface area contributed by atoms with E-state index in [4.69, 9.17) is 0 Å². The molecule has 7 heteroatoms. The van der Waals surface area contributed by atoms with Crippen molar-refractivity contribution in [2.24, 2.45) is 5.92 Å². The number of aryl methyl sites for hydroxylation is 1. The van der Waals surface area contributed by atoms with E-state index in [9.17, 15) is 9.90 Å². The average Bonchev–Trinajstić information content (AvgIpc) is 3.11. The summed E-state index contributed by atoms with van der Waals surface area (Å²) in [5, 5.41) is 14.6. The highest BCUT2D eigenvalue weighted by Gasteiger charge is 2.41. The Labute approximate surface area is 156 Å². The summed E-state index contributed by atoms with van der Waals surface area (Å²) in [5.41, 5.74) is 3.99. The van der Waals surface area contributed by atoms with E-state index in [1.54, 1.807) is 12.3 Å². The maximum absolute atomic E-state index is 12.5. The molecule has 0 amide bonds. The summed E-state index contributed by atoms with van der Waals surface area (Å²) in [6.45, 7) is 5.72. The molecular formula is C20H23N5O2. The molecule has 5 rings (SSSR count). The van der Waals surface area contributed by atoms with Crippen LogP contribution in [0.25, 0.3) is 5.65 Å². The fraction of sp³-hybridized carbons (Fsp3) is 0.450. The molecule has 3 atom stereocenters. The monoisotopic (exact) mass is 365 g/mol. The molecule has 2 aliphatic rings. The van der Waals surface area contributed by atoms with Crippen LogP contribution in [-0.4, -0.2) is 44.0 Å². The number of aliphatic hydroxyl groups is 1. The summed E-state index contributed by atoms with van der Waals surface area (Å²) in [6.07, 6.45) is 2.78. The number of piperidine rings is 1. The smallest absolute Gasteiger partial charge is 0.251 e. The van der Waals surface area contributed by atoms with E-state index in [0.29, 0.717) is 0 Å². The van der Waals surface area contributed by atoms with Gasteiger partial charge in [-0.05, 0) is 26.3 Å². The van der Waals surface area contributed by atoms with Crippen LogP contribution >= 0.6 is 0 Å². The number of hydrogen-bond acceptors (Lipinski definition) is 5. The van der Waals surface area contributed by atoms with Crippen LogP contribution in [0.4, 0.5) is 5.82 Å². The minimum absolute atomic E-state index is 0.0138. The molecule has 2 bridgehead atoms. The minimum atomic E-state index is -0.177. The van der Waals surface area contributed by atoms with Crippen molar-refractivity contribution in [3.05, 3.63) is 57.8 Å². The Balaban J connectivity index is 1.65. The number of pyridine rings is 1. The van der Waals surface area contributed by atoms with Gasteiger partial charge in [0.25, 0.3) is 5.56 Å². The van der Waals surface area contributed by atoms with Crippen LogP contribution < -0.4 is 10.5 Å². The van der Waals surface area contributed by atoms with E-state index in [0.717, 1.165) is 47.9 Å². The Morgan fingerprint density at radius 3 is 2.89 bits per heavy atom. The summed E-state index contributed by atoms with van der Waals surface area (Å²) in [6, 6.07) is 7.20. The average molecular weight is 365 g/mol. The van der Waals surface area contributed by atoms with Crippen LogP contribution in [0.5, 0.6) is 0 Å². The van der Waals surface area contributed by atoms with Gasteiger partial charge in [0.2, 0.25) is 0 Å². The third-order valence-electron chi connectivity index (χ3n) is 6.27. The molecule has 1 fully saturated rings. The van der Waals surface area contributed by atoms with Crippen molar-refractivity contribution in [2.75, 3.05) is 24.6 Å². The molecule has 1 saturated heterocycles. The minimum Gasteiger partial charge on any atom is -0.394 e. The summed E-state index contributed by atoms with van der Waals surface area (Å²) in [4.78, 5) is 19.5. The normalized spacial score (nSPS) is 24.3. The predicted octanol–water partition coefficient (Wildman–Crippen LogP) is 1.66. The van der Waals surface area contributed by atoms with Gasteiger partial charge >= 0.3 is 0 Å². The zero-order chi connectivity index (χ0) is 18.7. The predicted molar refractivity (Wildman–Crippen MR) is 102 cm³/mol. The molecule has 0 radical (unpaired) electrons. The Morgan fingerprint density at radius 1 is 1.22 bits per heavy atom. The lowest BCUT2D eigenvalue weighted by Crippen LogP contribution is -2.51. The fourth-order valence-corrected chi connectivity index (χ4v) is 4.94. The first-order valence-corrected chi connectivity index (χ1v) is 9.46. The molecule has 27 heavy (non-hydrogen) atoms. The zero-order valence-corrected chi connectivity index (χ0v) is 15.5. The Kier molecular flexibility index (Phi) is 3.62. The second-order valence-electron chi connectivity index (χ2n) is 7.75. The van der Waals surface area contributed by atoms with E-state index in [1.807, 2.05) is 34.2 Å². The second kappa shape index (κ2) is 5.92. The fourth-order valence-electron chi connectivity index (χ4n) is 4.94. The van der Waals surface area contributed by atoms with Gasteiger partial charge in [-0.2, -0.15) is 9.61 Å². The zero-order valence-electron chi connectivity index (χ0n) is 15.5. The molecule has 0 spiro atoms. The molecule has 7 nitrogen and oxygen atoms in total. The number of nitrogens with zero attached hydrogens (tertiary/aromatic N) is 5. The molecular weight excluding hydrogens is 342 g/mol. The molecule has 3 aromatic rings. The molecule has 2 aliphatic heterocycles. The standard InChI is InChI=1S/C20H23N5O2/c1-12-13(2)22-18-6-7-21-25(18)20(12)23-9-14-8-15(10-23)17(11-26)24-16(14)4-3-5-19(24)27/h3-7,14-15,17,26H,8-11H2,1-2H3/t14-,15+,17+/m1/s1. The number of anilines is 1. The lowest BCUT2D eigenvalue weighted by atomic mass is 9.78. The number of fused-ring (bicyclic) bond motifs is 5. The molecule has 0 unspecified atom stereocenters. The van der Waals surface area contributed by atoms with Crippen molar-refractivity contribution >= 4 is 11.5 Å². The molecule has 5 heterocycles. The van der Waals surface area contributed by atoms with Crippen LogP contribution in [0.15, 0.2) is 35.3 Å². The van der Waals surface area contributed by atoms with Crippen LogP contribution in [0.2, 0.25) is 0 Å². The van der Waals surface area contributed by atoms with Crippen molar-refractivity contribution in [1.82, 2.24) is 19.2 Å². The Morgan fingerprint density at radius 2 is 2.07 bits per heavy atom. The molecule has 140 valence electrons. The molecule has 0 aromatic carbocycles. The summed E-state index contributed by atoms with van der Waals surface area (Å²) in [7, 11) is 0. The number of rotatable bonds is 2. The lowest BCUT2D eigenvalue weighted by molar-refractivity contribution is 0.131. The van der Waals surface area contributed by atoms with Crippen molar-refractivity contribution in [2.45, 2.75) is 32.2 Å². The van der Waals surface area contributed by atoms with E-state index in [1.165, 1.54) is 0 Å². The van der Waals surface area contributed by atoms with Gasteiger partial charge in [0, 0.05) is 54.0 Å². The summed E-state index contributed by atoms with van der Waals surface area (Å²) >= 11 is 0. The first-order chi connectivity index (χ1) is 13.1. The summed E-state index contributed by atoms with van der Waals surface area (Å²) < 4.78 is 3.74. The Bertz CT molecular complexity index is 1090. The quantitative estimate of drug-likeness (QED) is 0.748. The van der Waals surface area contributed by atoms with Gasteiger partial charge in [-0.1, -0.05) is 6.07 Å². The van der Waals surface area contributed by atoms with E-state index < -0.39 is 0 Å². The SMILES string of the molecule is Cc1nc2ccnn2c(N2C[C@H]3C[C@@H](C2)[C@H](CO)n2c3cccc2=O)c1C. The summed E-state index contributed by atoms with van der Waals surface area (Å²) in [5.74, 6) is 1.55. The van der Waals surface area contributed by atoms with Crippen LogP contribution in [-0.2, 0) is 0 Å². The highest BCUT2D eigenvalue weighted by atomic mass is 16.3. The van der Waals surface area contributed by atoms with Gasteiger partial charge < -0.3 is 14.6 Å². The topological polar surface area (TPSA) is 75.7 Å². The first kappa shape index (κ1) is 16.5. The number of aliphatic hydroxyl groups excluding tert-OH is 1. The number of hydrogen-bond donors (Lipinski definition) is 1. The van der Waals surface area contributed by atoms with Gasteiger partial charge in [0.05, 0.1) is 18.8 Å². The largest absolute Gasteiger partial charge is 0.394 e. The van der Waals surface area contributed by atoms with Crippen LogP contribution in [0.3, 0.4) is 0 Å². The highest BCUT2D eigenvalue weighted by molar-refractivity contribution is 5.57. The molecule has 1 N–H and O–H groups in total. The van der Waals surface area contributed by atoms with E-state index >= 15 is 0 Å². The van der Waals surface area contributed by atoms with Gasteiger partial charge in [-0.3, -0.25) is 4.79 Å². The third-order valence-corrected chi connectivity index (χ3v) is 6.27. The maximum Gasteiger partial charge on any atom is 0.251 e. The van der Waals surface area contributed by atoms with Gasteiger partial charge in [-0.15, -0.1) is 0 Å². The van der Waals surface area contributed by atoms with Crippen molar-refractivity contribution in [3.63, 3.8) is 0 Å². The number of aromatic nitrogens is 4. The van der Waals surface area contributed by atoms with Gasteiger partial charge in [0.15, 0.2) is 5.65 Å². The van der Waals surface area contributed by atoms with Gasteiger partial charge in [-0.25, -0.2) is 4.98 Å². The maximum atomic E-state index is 12.5. The van der Waals surface area contributed by atoms with Crippen molar-refractivity contribution in [3.8, 4) is 0 Å². The Hall–Kier alpha value is -2.67. The van der Waals surface area contributed by atoms with Gasteiger partial charge in [0.1, 0.15) is 5.82 Å². The third kappa shape index (κ3) is 2.34. The lowest BCUT2D eigenvalue weighted by Gasteiger charge is -2.47. The van der Waals surface area contributed by atoms with E-state index in [2.05, 4.69) is 21.9 Å². The highest BCUT2D eigenvalue weighted by Crippen LogP contribution is 2.42.